The molecule has 3 N–H and O–H groups in total. The van der Waals surface area contributed by atoms with E-state index in [-0.39, 0.29) is 6.04 Å². The predicted molar refractivity (Wildman–Crippen MR) is 62.1 cm³/mol. The average Bonchev–Trinajstić information content (AvgIpc) is 2.88. The Morgan fingerprint density at radius 1 is 1.62 bits per heavy atom. The van der Waals surface area contributed by atoms with Gasteiger partial charge in [0.05, 0.1) is 16.9 Å². The summed E-state index contributed by atoms with van der Waals surface area (Å²) in [4.78, 5) is 7.12. The molecule has 86 valence electrons. The molecule has 0 fully saturated rings. The number of rotatable bonds is 4. The molecule has 0 saturated carbocycles. The molecule has 0 aliphatic rings. The van der Waals surface area contributed by atoms with E-state index in [1.807, 2.05) is 4.68 Å². The first-order valence-electron chi connectivity index (χ1n) is 5.20. The summed E-state index contributed by atoms with van der Waals surface area (Å²) < 4.78 is 1.83. The van der Waals surface area contributed by atoms with E-state index in [4.69, 9.17) is 17.3 Å². The summed E-state index contributed by atoms with van der Waals surface area (Å²) in [6.07, 6.45) is 6.01. The fraction of sp³-hybridized carbons (Fsp3) is 0.400. The first-order chi connectivity index (χ1) is 7.74. The lowest BCUT2D eigenvalue weighted by atomic mass is 10.2. The number of hydrogen-bond acceptors (Lipinski definition) is 3. The first-order valence-corrected chi connectivity index (χ1v) is 5.58. The zero-order chi connectivity index (χ0) is 11.5. The third-order valence-electron chi connectivity index (χ3n) is 2.38. The van der Waals surface area contributed by atoms with Gasteiger partial charge in [-0.1, -0.05) is 18.5 Å². The summed E-state index contributed by atoms with van der Waals surface area (Å²) in [6.45, 7) is 2.88. The van der Waals surface area contributed by atoms with Crippen LogP contribution in [0.25, 0.3) is 0 Å². The normalized spacial score (nSPS) is 12.9. The summed E-state index contributed by atoms with van der Waals surface area (Å²) in [5.41, 5.74) is 6.90. The monoisotopic (exact) mass is 239 g/mol. The number of H-pyrrole nitrogens is 1. The smallest absolute Gasteiger partial charge is 0.129 e. The van der Waals surface area contributed by atoms with Crippen molar-refractivity contribution in [3.05, 3.63) is 35.1 Å². The molecule has 0 radical (unpaired) electrons. The number of imidazole rings is 1. The van der Waals surface area contributed by atoms with Crippen LogP contribution >= 0.6 is 11.6 Å². The zero-order valence-corrected chi connectivity index (χ0v) is 9.78. The van der Waals surface area contributed by atoms with Crippen molar-refractivity contribution in [2.75, 3.05) is 0 Å². The van der Waals surface area contributed by atoms with Gasteiger partial charge < -0.3 is 10.7 Å². The molecule has 2 rings (SSSR count). The van der Waals surface area contributed by atoms with E-state index in [1.165, 1.54) is 0 Å². The molecule has 0 aromatic carbocycles. The standard InChI is InChI=1S/C10H14ClN5/c1-2-5-16-9(7(11)6-15-16)8(12)10-13-3-4-14-10/h3-4,6,8H,2,5,12H2,1H3,(H,13,14). The Balaban J connectivity index is 2.35. The summed E-state index contributed by atoms with van der Waals surface area (Å²) >= 11 is 6.09. The molecule has 0 spiro atoms. The van der Waals surface area contributed by atoms with Crippen LogP contribution in [0.4, 0.5) is 0 Å². The molecular formula is C10H14ClN5. The van der Waals surface area contributed by atoms with E-state index < -0.39 is 0 Å². The summed E-state index contributed by atoms with van der Waals surface area (Å²) in [6, 6.07) is -0.364. The second kappa shape index (κ2) is 4.67. The lowest BCUT2D eigenvalue weighted by Gasteiger charge is -2.12. The second-order valence-electron chi connectivity index (χ2n) is 3.55. The van der Waals surface area contributed by atoms with Gasteiger partial charge in [-0.2, -0.15) is 5.10 Å². The molecule has 0 saturated heterocycles. The van der Waals surface area contributed by atoms with E-state index in [0.29, 0.717) is 10.8 Å². The van der Waals surface area contributed by atoms with Gasteiger partial charge in [-0.15, -0.1) is 0 Å². The lowest BCUT2D eigenvalue weighted by Crippen LogP contribution is -2.19. The molecule has 1 atom stereocenters. The minimum absolute atomic E-state index is 0.364. The molecule has 0 amide bonds. The van der Waals surface area contributed by atoms with E-state index in [2.05, 4.69) is 22.0 Å². The number of halogens is 1. The minimum Gasteiger partial charge on any atom is -0.347 e. The number of hydrogen-bond donors (Lipinski definition) is 2. The van der Waals surface area contributed by atoms with E-state index in [9.17, 15) is 0 Å². The van der Waals surface area contributed by atoms with Crippen molar-refractivity contribution in [3.63, 3.8) is 0 Å². The van der Waals surface area contributed by atoms with Crippen LogP contribution in [0.15, 0.2) is 18.6 Å². The Labute approximate surface area is 98.6 Å². The maximum Gasteiger partial charge on any atom is 0.129 e. The van der Waals surface area contributed by atoms with Crippen molar-refractivity contribution in [2.45, 2.75) is 25.9 Å². The van der Waals surface area contributed by atoms with Crippen molar-refractivity contribution < 1.29 is 0 Å². The molecule has 16 heavy (non-hydrogen) atoms. The summed E-state index contributed by atoms with van der Waals surface area (Å²) in [5, 5.41) is 4.78. The highest BCUT2D eigenvalue weighted by Crippen LogP contribution is 2.24. The Hall–Kier alpha value is -1.33. The van der Waals surface area contributed by atoms with Crippen LogP contribution in [0.3, 0.4) is 0 Å². The third kappa shape index (κ3) is 1.96. The Kier molecular flexibility index (Phi) is 3.26. The predicted octanol–water partition coefficient (Wildman–Crippen LogP) is 1.72. The Morgan fingerprint density at radius 2 is 2.44 bits per heavy atom. The van der Waals surface area contributed by atoms with Gasteiger partial charge in [-0.3, -0.25) is 4.68 Å². The zero-order valence-electron chi connectivity index (χ0n) is 9.02. The van der Waals surface area contributed by atoms with Crippen LogP contribution in [-0.2, 0) is 6.54 Å². The SMILES string of the molecule is CCCn1ncc(Cl)c1C(N)c1ncc[nH]1. The van der Waals surface area contributed by atoms with Crippen molar-refractivity contribution >= 4 is 11.6 Å². The second-order valence-corrected chi connectivity index (χ2v) is 3.96. The van der Waals surface area contributed by atoms with Crippen LogP contribution in [0.1, 0.15) is 30.9 Å². The molecule has 0 bridgehead atoms. The molecule has 6 heteroatoms. The minimum atomic E-state index is -0.364. The van der Waals surface area contributed by atoms with Crippen molar-refractivity contribution in [2.24, 2.45) is 5.73 Å². The molecule has 1 unspecified atom stereocenters. The molecule has 5 nitrogen and oxygen atoms in total. The fourth-order valence-electron chi connectivity index (χ4n) is 1.65. The van der Waals surface area contributed by atoms with E-state index in [1.54, 1.807) is 18.6 Å². The van der Waals surface area contributed by atoms with Gasteiger partial charge in [0.15, 0.2) is 0 Å². The highest BCUT2D eigenvalue weighted by Gasteiger charge is 2.19. The number of nitrogens with zero attached hydrogens (tertiary/aromatic N) is 3. The van der Waals surface area contributed by atoms with Gasteiger partial charge in [-0.05, 0) is 6.42 Å². The van der Waals surface area contributed by atoms with Crippen LogP contribution in [0.2, 0.25) is 5.02 Å². The van der Waals surface area contributed by atoms with Gasteiger partial charge in [-0.25, -0.2) is 4.98 Å². The molecular weight excluding hydrogens is 226 g/mol. The van der Waals surface area contributed by atoms with Crippen molar-refractivity contribution in [1.29, 1.82) is 0 Å². The van der Waals surface area contributed by atoms with E-state index >= 15 is 0 Å². The fourth-order valence-corrected chi connectivity index (χ4v) is 1.91. The highest BCUT2D eigenvalue weighted by atomic mass is 35.5. The maximum absolute atomic E-state index is 6.10. The largest absolute Gasteiger partial charge is 0.347 e. The van der Waals surface area contributed by atoms with Gasteiger partial charge >= 0.3 is 0 Å². The lowest BCUT2D eigenvalue weighted by molar-refractivity contribution is 0.554. The number of aromatic nitrogens is 4. The number of nitrogens with two attached hydrogens (primary N) is 1. The Morgan fingerprint density at radius 3 is 3.06 bits per heavy atom. The summed E-state index contributed by atoms with van der Waals surface area (Å²) in [5.74, 6) is 0.694. The van der Waals surface area contributed by atoms with Crippen LogP contribution < -0.4 is 5.73 Å². The molecule has 0 aliphatic heterocycles. The molecule has 2 heterocycles. The summed E-state index contributed by atoms with van der Waals surface area (Å²) in [7, 11) is 0. The third-order valence-corrected chi connectivity index (χ3v) is 2.67. The first kappa shape index (κ1) is 11.2. The van der Waals surface area contributed by atoms with Gasteiger partial charge in [0, 0.05) is 18.9 Å². The molecule has 0 aliphatic carbocycles. The van der Waals surface area contributed by atoms with Crippen LogP contribution in [-0.4, -0.2) is 19.7 Å². The van der Waals surface area contributed by atoms with Crippen molar-refractivity contribution in [3.8, 4) is 0 Å². The van der Waals surface area contributed by atoms with Crippen molar-refractivity contribution in [1.82, 2.24) is 19.7 Å². The topological polar surface area (TPSA) is 72.5 Å². The van der Waals surface area contributed by atoms with Gasteiger partial charge in [0.1, 0.15) is 11.9 Å². The number of aromatic amines is 1. The number of nitrogens with one attached hydrogen (secondary N) is 1. The molecule has 2 aromatic heterocycles. The maximum atomic E-state index is 6.10. The van der Waals surface area contributed by atoms with Gasteiger partial charge in [0.2, 0.25) is 0 Å². The van der Waals surface area contributed by atoms with E-state index in [0.717, 1.165) is 18.7 Å². The van der Waals surface area contributed by atoms with Gasteiger partial charge in [0.25, 0.3) is 0 Å². The van der Waals surface area contributed by atoms with Crippen LogP contribution in [0.5, 0.6) is 0 Å². The highest BCUT2D eigenvalue weighted by molar-refractivity contribution is 6.31. The van der Waals surface area contributed by atoms with Crippen LogP contribution in [0, 0.1) is 0 Å². The average molecular weight is 240 g/mol. The molecule has 2 aromatic rings. The Bertz CT molecular complexity index is 448. The number of aryl methyl sites for hydroxylation is 1. The quantitative estimate of drug-likeness (QED) is 0.853.